The third kappa shape index (κ3) is 5.13. The van der Waals surface area contributed by atoms with E-state index in [4.69, 9.17) is 9.47 Å². The van der Waals surface area contributed by atoms with Crippen molar-refractivity contribution in [2.75, 3.05) is 19.4 Å². The molecular weight excluding hydrogens is 372 g/mol. The summed E-state index contributed by atoms with van der Waals surface area (Å²) in [6.45, 7) is 7.17. The first kappa shape index (κ1) is 20.4. The van der Waals surface area contributed by atoms with E-state index >= 15 is 0 Å². The van der Waals surface area contributed by atoms with Crippen LogP contribution in [0.15, 0.2) is 48.5 Å². The minimum Gasteiger partial charge on any atom is -0.493 e. The number of benzene rings is 2. The third-order valence-corrected chi connectivity index (χ3v) is 5.60. The molecule has 2 aromatic carbocycles. The van der Waals surface area contributed by atoms with E-state index in [1.807, 2.05) is 74.2 Å². The number of urea groups is 1. The van der Waals surface area contributed by atoms with Crippen LogP contribution < -0.4 is 14.8 Å². The SMILES string of the molecule is COc1ccc(C2SCCN2C(=O)NC(C)(C)C)cc1OCc1ccccc1. The number of methoxy groups -OCH3 is 1. The van der Waals surface area contributed by atoms with E-state index in [9.17, 15) is 4.79 Å². The standard InChI is InChI=1S/C22H28N2O3S/c1-22(2,3)23-21(25)24-12-13-28-20(24)17-10-11-18(26-4)19(14-17)27-15-16-8-6-5-7-9-16/h5-11,14,20H,12-13,15H2,1-4H3,(H,23,25). The van der Waals surface area contributed by atoms with Crippen LogP contribution in [0.4, 0.5) is 4.79 Å². The lowest BCUT2D eigenvalue weighted by molar-refractivity contribution is 0.191. The van der Waals surface area contributed by atoms with E-state index in [1.54, 1.807) is 18.9 Å². The van der Waals surface area contributed by atoms with Crippen molar-refractivity contribution in [2.24, 2.45) is 0 Å². The fraction of sp³-hybridized carbons (Fsp3) is 0.409. The second-order valence-corrected chi connectivity index (χ2v) is 8.97. The highest BCUT2D eigenvalue weighted by Crippen LogP contribution is 2.41. The Morgan fingerprint density at radius 2 is 1.93 bits per heavy atom. The largest absolute Gasteiger partial charge is 0.493 e. The Kier molecular flexibility index (Phi) is 6.39. The number of carbonyl (C=O) groups is 1. The van der Waals surface area contributed by atoms with Gasteiger partial charge in [-0.15, -0.1) is 11.8 Å². The van der Waals surface area contributed by atoms with Crippen molar-refractivity contribution in [3.05, 3.63) is 59.7 Å². The number of thioether (sulfide) groups is 1. The van der Waals surface area contributed by atoms with E-state index in [0.717, 1.165) is 23.4 Å². The van der Waals surface area contributed by atoms with Crippen LogP contribution in [0, 0.1) is 0 Å². The first-order valence-corrected chi connectivity index (χ1v) is 10.5. The molecule has 6 heteroatoms. The molecule has 1 aliphatic rings. The summed E-state index contributed by atoms with van der Waals surface area (Å²) in [5, 5.41) is 3.03. The topological polar surface area (TPSA) is 50.8 Å². The van der Waals surface area contributed by atoms with Crippen LogP contribution in [0.5, 0.6) is 11.5 Å². The molecule has 1 fully saturated rings. The van der Waals surface area contributed by atoms with E-state index in [1.165, 1.54) is 0 Å². The molecule has 3 rings (SSSR count). The molecule has 1 saturated heterocycles. The van der Waals surface area contributed by atoms with E-state index < -0.39 is 0 Å². The van der Waals surface area contributed by atoms with Crippen LogP contribution in [-0.2, 0) is 6.61 Å². The molecule has 2 aromatic rings. The fourth-order valence-electron chi connectivity index (χ4n) is 3.04. The first-order valence-electron chi connectivity index (χ1n) is 9.42. The van der Waals surface area contributed by atoms with Crippen molar-refractivity contribution < 1.29 is 14.3 Å². The number of amides is 2. The highest BCUT2D eigenvalue weighted by Gasteiger charge is 2.32. The summed E-state index contributed by atoms with van der Waals surface area (Å²) < 4.78 is 11.5. The van der Waals surface area contributed by atoms with Gasteiger partial charge in [0.15, 0.2) is 11.5 Å². The maximum absolute atomic E-state index is 12.7. The predicted octanol–water partition coefficient (Wildman–Crippen LogP) is 4.83. The molecule has 0 saturated carbocycles. The Morgan fingerprint density at radius 1 is 1.18 bits per heavy atom. The van der Waals surface area contributed by atoms with Crippen molar-refractivity contribution in [2.45, 2.75) is 38.3 Å². The zero-order chi connectivity index (χ0) is 20.1. The number of ether oxygens (including phenoxy) is 2. The van der Waals surface area contributed by atoms with Gasteiger partial charge < -0.3 is 19.7 Å². The summed E-state index contributed by atoms with van der Waals surface area (Å²) in [5.74, 6) is 2.29. The average Bonchev–Trinajstić information content (AvgIpc) is 3.15. The number of carbonyl (C=O) groups excluding carboxylic acids is 1. The van der Waals surface area contributed by atoms with Gasteiger partial charge in [-0.25, -0.2) is 4.79 Å². The molecule has 0 radical (unpaired) electrons. The molecule has 150 valence electrons. The van der Waals surface area contributed by atoms with Gasteiger partial charge in [0.25, 0.3) is 0 Å². The summed E-state index contributed by atoms with van der Waals surface area (Å²) >= 11 is 1.76. The first-order chi connectivity index (χ1) is 13.4. The number of hydrogen-bond acceptors (Lipinski definition) is 4. The summed E-state index contributed by atoms with van der Waals surface area (Å²) in [5.41, 5.74) is 1.87. The molecule has 0 spiro atoms. The minimum absolute atomic E-state index is 0.0349. The predicted molar refractivity (Wildman–Crippen MR) is 114 cm³/mol. The maximum atomic E-state index is 12.7. The molecular formula is C22H28N2O3S. The average molecular weight is 401 g/mol. The Labute approximate surface area is 171 Å². The Hall–Kier alpha value is -2.34. The van der Waals surface area contributed by atoms with Crippen LogP contribution >= 0.6 is 11.8 Å². The highest BCUT2D eigenvalue weighted by molar-refractivity contribution is 7.99. The molecule has 2 amide bonds. The monoisotopic (exact) mass is 400 g/mol. The van der Waals surface area contributed by atoms with Gasteiger partial charge in [0.2, 0.25) is 0 Å². The molecule has 1 unspecified atom stereocenters. The number of nitrogens with zero attached hydrogens (tertiary/aromatic N) is 1. The number of hydrogen-bond donors (Lipinski definition) is 1. The lowest BCUT2D eigenvalue weighted by Gasteiger charge is -2.29. The summed E-state index contributed by atoms with van der Waals surface area (Å²) in [6, 6.07) is 15.9. The lowest BCUT2D eigenvalue weighted by atomic mass is 10.1. The third-order valence-electron chi connectivity index (χ3n) is 4.34. The van der Waals surface area contributed by atoms with Crippen LogP contribution in [0.1, 0.15) is 37.3 Å². The van der Waals surface area contributed by atoms with Crippen LogP contribution in [0.2, 0.25) is 0 Å². The Bertz CT molecular complexity index is 805. The van der Waals surface area contributed by atoms with Crippen molar-refractivity contribution in [3.63, 3.8) is 0 Å². The van der Waals surface area contributed by atoms with E-state index in [0.29, 0.717) is 18.1 Å². The van der Waals surface area contributed by atoms with Gasteiger partial charge >= 0.3 is 6.03 Å². The Morgan fingerprint density at radius 3 is 2.61 bits per heavy atom. The molecule has 0 aromatic heterocycles. The molecule has 0 aliphatic carbocycles. The molecule has 28 heavy (non-hydrogen) atoms. The van der Waals surface area contributed by atoms with Crippen molar-refractivity contribution >= 4 is 17.8 Å². The minimum atomic E-state index is -0.265. The lowest BCUT2D eigenvalue weighted by Crippen LogP contribution is -2.48. The molecule has 1 atom stereocenters. The van der Waals surface area contributed by atoms with Gasteiger partial charge in [0.05, 0.1) is 7.11 Å². The van der Waals surface area contributed by atoms with Gasteiger partial charge in [0.1, 0.15) is 12.0 Å². The Balaban J connectivity index is 1.78. The summed E-state index contributed by atoms with van der Waals surface area (Å²) in [4.78, 5) is 14.6. The van der Waals surface area contributed by atoms with Crippen molar-refractivity contribution in [1.29, 1.82) is 0 Å². The summed E-state index contributed by atoms with van der Waals surface area (Å²) in [7, 11) is 1.64. The van der Waals surface area contributed by atoms with E-state index in [-0.39, 0.29) is 16.9 Å². The second kappa shape index (κ2) is 8.78. The molecule has 5 nitrogen and oxygen atoms in total. The van der Waals surface area contributed by atoms with Gasteiger partial charge in [-0.3, -0.25) is 0 Å². The van der Waals surface area contributed by atoms with Gasteiger partial charge in [-0.1, -0.05) is 36.4 Å². The smallest absolute Gasteiger partial charge is 0.319 e. The van der Waals surface area contributed by atoms with Crippen LogP contribution in [-0.4, -0.2) is 35.9 Å². The second-order valence-electron chi connectivity index (χ2n) is 7.78. The molecule has 0 bridgehead atoms. The van der Waals surface area contributed by atoms with Crippen LogP contribution in [0.3, 0.4) is 0 Å². The van der Waals surface area contributed by atoms with Gasteiger partial charge in [0, 0.05) is 17.8 Å². The molecule has 1 heterocycles. The summed E-state index contributed by atoms with van der Waals surface area (Å²) in [6.07, 6.45) is 0. The van der Waals surface area contributed by atoms with Crippen molar-refractivity contribution in [3.8, 4) is 11.5 Å². The highest BCUT2D eigenvalue weighted by atomic mass is 32.2. The molecule has 1 aliphatic heterocycles. The maximum Gasteiger partial charge on any atom is 0.319 e. The zero-order valence-electron chi connectivity index (χ0n) is 16.9. The number of nitrogens with one attached hydrogen (secondary N) is 1. The van der Waals surface area contributed by atoms with Crippen LogP contribution in [0.25, 0.3) is 0 Å². The quantitative estimate of drug-likeness (QED) is 0.781. The fourth-order valence-corrected chi connectivity index (χ4v) is 4.29. The molecule has 1 N–H and O–H groups in total. The van der Waals surface area contributed by atoms with Gasteiger partial charge in [-0.05, 0) is 44.0 Å². The van der Waals surface area contributed by atoms with Gasteiger partial charge in [-0.2, -0.15) is 0 Å². The number of rotatable bonds is 5. The van der Waals surface area contributed by atoms with E-state index in [2.05, 4.69) is 5.32 Å². The van der Waals surface area contributed by atoms with Crippen molar-refractivity contribution in [1.82, 2.24) is 10.2 Å². The normalized spacial score (nSPS) is 16.7. The zero-order valence-corrected chi connectivity index (χ0v) is 17.7.